The van der Waals surface area contributed by atoms with Crippen molar-refractivity contribution in [1.82, 2.24) is 0 Å². The highest BCUT2D eigenvalue weighted by Crippen LogP contribution is 2.14. The van der Waals surface area contributed by atoms with E-state index in [2.05, 4.69) is 5.16 Å². The highest BCUT2D eigenvalue weighted by Gasteiger charge is 2.03. The molecule has 0 unspecified atom stereocenters. The Hall–Kier alpha value is -0.530. The minimum atomic E-state index is 1.15. The molecule has 70 valence electrons. The molecule has 0 radical (unpaired) electrons. The van der Waals surface area contributed by atoms with Gasteiger partial charge in [-0.2, -0.15) is 0 Å². The molecular formula is C10H19NO. The average molecular weight is 169 g/mol. The molecule has 0 aliphatic heterocycles. The Morgan fingerprint density at radius 3 is 1.92 bits per heavy atom. The lowest BCUT2D eigenvalue weighted by molar-refractivity contribution is 0.211. The summed E-state index contributed by atoms with van der Waals surface area (Å²) in [6, 6.07) is 0. The van der Waals surface area contributed by atoms with Crippen LogP contribution in [0.25, 0.3) is 0 Å². The van der Waals surface area contributed by atoms with Gasteiger partial charge in [0, 0.05) is 0 Å². The van der Waals surface area contributed by atoms with E-state index in [1.807, 2.05) is 0 Å². The van der Waals surface area contributed by atoms with Gasteiger partial charge in [-0.05, 0) is 25.7 Å². The van der Waals surface area contributed by atoms with E-state index in [1.165, 1.54) is 44.2 Å². The van der Waals surface area contributed by atoms with Crippen LogP contribution < -0.4 is 0 Å². The number of nitrogens with zero attached hydrogens (tertiary/aromatic N) is 1. The van der Waals surface area contributed by atoms with Gasteiger partial charge in [-0.3, -0.25) is 0 Å². The zero-order valence-corrected chi connectivity index (χ0v) is 8.01. The summed E-state index contributed by atoms with van der Waals surface area (Å²) in [5.41, 5.74) is 1.26. The van der Waals surface area contributed by atoms with Crippen LogP contribution in [0.1, 0.15) is 51.4 Å². The Bertz CT molecular complexity index is 131. The van der Waals surface area contributed by atoms with Gasteiger partial charge in [0.05, 0.1) is 5.71 Å². The fourth-order valence-corrected chi connectivity index (χ4v) is 1.71. The second-order valence-electron chi connectivity index (χ2n) is 3.46. The third kappa shape index (κ3) is 3.74. The number of rotatable bonds is 1. The van der Waals surface area contributed by atoms with Crippen molar-refractivity contribution in [2.75, 3.05) is 7.11 Å². The van der Waals surface area contributed by atoms with Crippen molar-refractivity contribution in [1.29, 1.82) is 0 Å². The van der Waals surface area contributed by atoms with Crippen LogP contribution in [0.15, 0.2) is 5.16 Å². The summed E-state index contributed by atoms with van der Waals surface area (Å²) in [6.07, 6.45) is 10.4. The number of hydrogen-bond donors (Lipinski definition) is 0. The van der Waals surface area contributed by atoms with E-state index in [4.69, 9.17) is 4.84 Å². The maximum absolute atomic E-state index is 4.81. The Kier molecular flexibility index (Phi) is 4.81. The topological polar surface area (TPSA) is 21.6 Å². The highest BCUT2D eigenvalue weighted by molar-refractivity contribution is 5.83. The second kappa shape index (κ2) is 6.04. The quantitative estimate of drug-likeness (QED) is 0.553. The maximum Gasteiger partial charge on any atom is 0.106 e. The van der Waals surface area contributed by atoms with Gasteiger partial charge in [0.2, 0.25) is 0 Å². The summed E-state index contributed by atoms with van der Waals surface area (Å²) in [4.78, 5) is 4.81. The second-order valence-corrected chi connectivity index (χ2v) is 3.46. The van der Waals surface area contributed by atoms with Crippen molar-refractivity contribution >= 4 is 5.71 Å². The molecule has 1 aliphatic carbocycles. The molecule has 0 aromatic heterocycles. The third-order valence-corrected chi connectivity index (χ3v) is 2.40. The molecule has 1 rings (SSSR count). The fraction of sp³-hybridized carbons (Fsp3) is 0.900. The first-order valence-corrected chi connectivity index (χ1v) is 5.02. The molecule has 0 aromatic carbocycles. The zero-order valence-electron chi connectivity index (χ0n) is 8.01. The van der Waals surface area contributed by atoms with Crippen LogP contribution >= 0.6 is 0 Å². The molecule has 1 saturated carbocycles. The van der Waals surface area contributed by atoms with Gasteiger partial charge in [0.25, 0.3) is 0 Å². The molecule has 0 bridgehead atoms. The molecule has 0 amide bonds. The summed E-state index contributed by atoms with van der Waals surface area (Å²) >= 11 is 0. The van der Waals surface area contributed by atoms with Gasteiger partial charge in [0.1, 0.15) is 7.11 Å². The van der Waals surface area contributed by atoms with E-state index >= 15 is 0 Å². The Balaban J connectivity index is 2.33. The standard InChI is InChI=1S/C10H19NO/c1-12-11-10-8-6-4-2-3-5-7-9-10/h2-9H2,1H3. The summed E-state index contributed by atoms with van der Waals surface area (Å²) < 4.78 is 0. The summed E-state index contributed by atoms with van der Waals surface area (Å²) in [6.45, 7) is 0. The van der Waals surface area contributed by atoms with Crippen molar-refractivity contribution in [3.8, 4) is 0 Å². The third-order valence-electron chi connectivity index (χ3n) is 2.40. The van der Waals surface area contributed by atoms with Crippen LogP contribution in [-0.4, -0.2) is 12.8 Å². The molecule has 1 fully saturated rings. The van der Waals surface area contributed by atoms with Crippen LogP contribution in [0.2, 0.25) is 0 Å². The van der Waals surface area contributed by atoms with Gasteiger partial charge < -0.3 is 4.84 Å². The molecule has 0 spiro atoms. The van der Waals surface area contributed by atoms with Crippen molar-refractivity contribution in [2.45, 2.75) is 51.4 Å². The predicted molar refractivity (Wildman–Crippen MR) is 51.4 cm³/mol. The maximum atomic E-state index is 4.81. The van der Waals surface area contributed by atoms with Crippen LogP contribution in [0, 0.1) is 0 Å². The minimum absolute atomic E-state index is 1.15. The highest BCUT2D eigenvalue weighted by atomic mass is 16.6. The number of hydrogen-bond acceptors (Lipinski definition) is 2. The molecule has 0 atom stereocenters. The molecule has 0 heterocycles. The summed E-state index contributed by atoms with van der Waals surface area (Å²) in [7, 11) is 1.64. The average Bonchev–Trinajstić information content (AvgIpc) is 2.19. The largest absolute Gasteiger partial charge is 0.399 e. The Morgan fingerprint density at radius 2 is 1.42 bits per heavy atom. The van der Waals surface area contributed by atoms with Gasteiger partial charge in [-0.1, -0.05) is 30.8 Å². The van der Waals surface area contributed by atoms with Gasteiger partial charge in [-0.15, -0.1) is 0 Å². The van der Waals surface area contributed by atoms with Crippen molar-refractivity contribution in [3.63, 3.8) is 0 Å². The van der Waals surface area contributed by atoms with Crippen LogP contribution in [-0.2, 0) is 4.84 Å². The van der Waals surface area contributed by atoms with Crippen molar-refractivity contribution in [3.05, 3.63) is 0 Å². The lowest BCUT2D eigenvalue weighted by Crippen LogP contribution is -1.98. The molecule has 2 nitrogen and oxygen atoms in total. The molecule has 0 aromatic rings. The van der Waals surface area contributed by atoms with E-state index in [-0.39, 0.29) is 0 Å². The van der Waals surface area contributed by atoms with E-state index in [1.54, 1.807) is 7.11 Å². The minimum Gasteiger partial charge on any atom is -0.399 e. The first-order valence-electron chi connectivity index (χ1n) is 5.02. The van der Waals surface area contributed by atoms with Crippen LogP contribution in [0.5, 0.6) is 0 Å². The van der Waals surface area contributed by atoms with Gasteiger partial charge in [0.15, 0.2) is 0 Å². The fourth-order valence-electron chi connectivity index (χ4n) is 1.71. The van der Waals surface area contributed by atoms with E-state index in [0.717, 1.165) is 12.8 Å². The zero-order chi connectivity index (χ0) is 8.65. The normalized spacial score (nSPS) is 20.6. The molecule has 0 saturated heterocycles. The SMILES string of the molecule is CON=C1CCCCCCCC1. The Morgan fingerprint density at radius 1 is 0.917 bits per heavy atom. The van der Waals surface area contributed by atoms with Crippen LogP contribution in [0.4, 0.5) is 0 Å². The summed E-state index contributed by atoms with van der Waals surface area (Å²) in [5.74, 6) is 0. The first-order chi connectivity index (χ1) is 5.93. The molecular weight excluding hydrogens is 150 g/mol. The van der Waals surface area contributed by atoms with E-state index in [9.17, 15) is 0 Å². The van der Waals surface area contributed by atoms with E-state index in [0.29, 0.717) is 0 Å². The van der Waals surface area contributed by atoms with Crippen LogP contribution in [0.3, 0.4) is 0 Å². The molecule has 2 heteroatoms. The van der Waals surface area contributed by atoms with Gasteiger partial charge >= 0.3 is 0 Å². The lowest BCUT2D eigenvalue weighted by Gasteiger charge is -2.01. The van der Waals surface area contributed by atoms with Crippen molar-refractivity contribution < 1.29 is 4.84 Å². The Labute approximate surface area is 75.0 Å². The van der Waals surface area contributed by atoms with Gasteiger partial charge in [-0.25, -0.2) is 0 Å². The molecule has 0 N–H and O–H groups in total. The lowest BCUT2D eigenvalue weighted by atomic mass is 10.1. The monoisotopic (exact) mass is 169 g/mol. The van der Waals surface area contributed by atoms with E-state index < -0.39 is 0 Å². The predicted octanol–water partition coefficient (Wildman–Crippen LogP) is 3.12. The summed E-state index contributed by atoms with van der Waals surface area (Å²) in [5, 5.41) is 4.04. The van der Waals surface area contributed by atoms with Crippen molar-refractivity contribution in [2.24, 2.45) is 5.16 Å². The first kappa shape index (κ1) is 9.56. The molecule has 1 aliphatic rings. The number of oxime groups is 1. The smallest absolute Gasteiger partial charge is 0.106 e. The molecule has 12 heavy (non-hydrogen) atoms.